The highest BCUT2D eigenvalue weighted by Crippen LogP contribution is 2.43. The predicted molar refractivity (Wildman–Crippen MR) is 70.1 cm³/mol. The Morgan fingerprint density at radius 2 is 2.32 bits per heavy atom. The Morgan fingerprint density at radius 3 is 2.84 bits per heavy atom. The smallest absolute Gasteiger partial charge is 0.324 e. The summed E-state index contributed by atoms with van der Waals surface area (Å²) in [5.41, 5.74) is -0.682. The van der Waals surface area contributed by atoms with Crippen LogP contribution in [0.2, 0.25) is 0 Å². The maximum absolute atomic E-state index is 12.6. The van der Waals surface area contributed by atoms with Gasteiger partial charge >= 0.3 is 5.97 Å². The third-order valence-corrected chi connectivity index (χ3v) is 3.55. The monoisotopic (exact) mass is 260 g/mol. The second-order valence-electron chi connectivity index (χ2n) is 4.57. The Bertz CT molecular complexity index is 535. The molecule has 0 radical (unpaired) electrons. The summed E-state index contributed by atoms with van der Waals surface area (Å²) in [6, 6.07) is 6.78. The zero-order valence-electron chi connectivity index (χ0n) is 11.0. The number of hydrogen-bond donors (Lipinski definition) is 0. The van der Waals surface area contributed by atoms with Gasteiger partial charge < -0.3 is 9.47 Å². The fourth-order valence-corrected chi connectivity index (χ4v) is 2.34. The number of esters is 1. The molecule has 4 nitrogen and oxygen atoms in total. The van der Waals surface area contributed by atoms with Gasteiger partial charge in [0.1, 0.15) is 11.9 Å². The van der Waals surface area contributed by atoms with Crippen LogP contribution in [-0.2, 0) is 9.53 Å². The molecule has 0 N–H and O–H groups in total. The summed E-state index contributed by atoms with van der Waals surface area (Å²) in [6.45, 7) is 5.35. The van der Waals surface area contributed by atoms with E-state index in [1.54, 1.807) is 37.3 Å². The molecule has 4 heteroatoms. The van der Waals surface area contributed by atoms with E-state index in [1.165, 1.54) is 7.11 Å². The van der Waals surface area contributed by atoms with E-state index in [0.717, 1.165) is 0 Å². The standard InChI is InChI=1S/C15H16O4/c1-4-8-15(10(2)19-14(15)17)13(16)11-6-5-7-12(9-11)18-3/h4-7,9-10H,1,8H2,2-3H3/t10-,15-/m0/s1. The average Bonchev–Trinajstić information content (AvgIpc) is 2.44. The van der Waals surface area contributed by atoms with E-state index in [1.807, 2.05) is 0 Å². The molecule has 1 saturated heterocycles. The molecule has 0 aromatic heterocycles. The quantitative estimate of drug-likeness (QED) is 0.353. The van der Waals surface area contributed by atoms with E-state index in [4.69, 9.17) is 9.47 Å². The molecule has 0 bridgehead atoms. The number of carbonyl (C=O) groups is 2. The lowest BCUT2D eigenvalue weighted by atomic mass is 9.70. The van der Waals surface area contributed by atoms with Gasteiger partial charge in [-0.05, 0) is 25.5 Å². The zero-order chi connectivity index (χ0) is 14.0. The minimum atomic E-state index is -1.13. The first-order chi connectivity index (χ1) is 9.06. The summed E-state index contributed by atoms with van der Waals surface area (Å²) >= 11 is 0. The zero-order valence-corrected chi connectivity index (χ0v) is 11.0. The average molecular weight is 260 g/mol. The molecule has 100 valence electrons. The van der Waals surface area contributed by atoms with Gasteiger partial charge in [0.2, 0.25) is 0 Å². The molecule has 2 rings (SSSR count). The molecule has 2 atom stereocenters. The number of methoxy groups -OCH3 is 1. The minimum Gasteiger partial charge on any atom is -0.497 e. The molecule has 0 saturated carbocycles. The number of ketones is 1. The maximum atomic E-state index is 12.6. The first-order valence-corrected chi connectivity index (χ1v) is 6.07. The van der Waals surface area contributed by atoms with Gasteiger partial charge in [0.15, 0.2) is 11.2 Å². The highest BCUT2D eigenvalue weighted by atomic mass is 16.6. The third kappa shape index (κ3) is 1.93. The number of carbonyl (C=O) groups excluding carboxylic acids is 2. The summed E-state index contributed by atoms with van der Waals surface area (Å²) in [7, 11) is 1.53. The van der Waals surface area contributed by atoms with E-state index in [2.05, 4.69) is 6.58 Å². The predicted octanol–water partition coefficient (Wildman–Crippen LogP) is 2.39. The van der Waals surface area contributed by atoms with Crippen molar-refractivity contribution in [1.29, 1.82) is 0 Å². The number of ether oxygens (including phenoxy) is 2. The van der Waals surface area contributed by atoms with Crippen molar-refractivity contribution in [2.75, 3.05) is 7.11 Å². The molecule has 1 fully saturated rings. The van der Waals surface area contributed by atoms with E-state index < -0.39 is 17.5 Å². The van der Waals surface area contributed by atoms with E-state index in [9.17, 15) is 9.59 Å². The van der Waals surface area contributed by atoms with Crippen molar-refractivity contribution in [3.05, 3.63) is 42.5 Å². The number of cyclic esters (lactones) is 1. The molecule has 0 unspecified atom stereocenters. The molecular formula is C15H16O4. The largest absolute Gasteiger partial charge is 0.497 e. The molecule has 0 aliphatic carbocycles. The van der Waals surface area contributed by atoms with Crippen LogP contribution < -0.4 is 4.74 Å². The number of Topliss-reactive ketones (excluding diaryl/α,β-unsaturated/α-hetero) is 1. The van der Waals surface area contributed by atoms with Crippen molar-refractivity contribution in [2.24, 2.45) is 5.41 Å². The van der Waals surface area contributed by atoms with Crippen LogP contribution in [0.1, 0.15) is 23.7 Å². The van der Waals surface area contributed by atoms with Crippen molar-refractivity contribution in [3.8, 4) is 5.75 Å². The van der Waals surface area contributed by atoms with Crippen LogP contribution in [0.15, 0.2) is 36.9 Å². The van der Waals surface area contributed by atoms with Crippen LogP contribution in [0.25, 0.3) is 0 Å². The summed E-state index contributed by atoms with van der Waals surface area (Å²) in [5.74, 6) is -0.136. The topological polar surface area (TPSA) is 52.6 Å². The molecule has 0 amide bonds. The van der Waals surface area contributed by atoms with E-state index in [0.29, 0.717) is 11.3 Å². The van der Waals surface area contributed by atoms with Gasteiger partial charge in [-0.15, -0.1) is 6.58 Å². The van der Waals surface area contributed by atoms with Gasteiger partial charge in [0.25, 0.3) is 0 Å². The summed E-state index contributed by atoms with van der Waals surface area (Å²) < 4.78 is 10.1. The number of benzene rings is 1. The van der Waals surface area contributed by atoms with Crippen LogP contribution in [0.4, 0.5) is 0 Å². The van der Waals surface area contributed by atoms with Crippen molar-refractivity contribution >= 4 is 11.8 Å². The van der Waals surface area contributed by atoms with Crippen LogP contribution in [-0.4, -0.2) is 25.0 Å². The second-order valence-corrected chi connectivity index (χ2v) is 4.57. The molecule has 1 aliphatic rings. The summed E-state index contributed by atoms with van der Waals surface area (Å²) in [5, 5.41) is 0. The molecule has 1 heterocycles. The van der Waals surface area contributed by atoms with Crippen molar-refractivity contribution in [2.45, 2.75) is 19.4 Å². The molecule has 19 heavy (non-hydrogen) atoms. The van der Waals surface area contributed by atoms with Crippen LogP contribution in [0.3, 0.4) is 0 Å². The normalized spacial score (nSPS) is 25.2. The minimum absolute atomic E-state index is 0.241. The lowest BCUT2D eigenvalue weighted by Gasteiger charge is -2.43. The van der Waals surface area contributed by atoms with Gasteiger partial charge in [0.05, 0.1) is 7.11 Å². The lowest BCUT2D eigenvalue weighted by Crippen LogP contribution is -2.59. The maximum Gasteiger partial charge on any atom is 0.324 e. The van der Waals surface area contributed by atoms with Crippen LogP contribution >= 0.6 is 0 Å². The fourth-order valence-electron chi connectivity index (χ4n) is 2.34. The number of hydrogen-bond acceptors (Lipinski definition) is 4. The fraction of sp³-hybridized carbons (Fsp3) is 0.333. The lowest BCUT2D eigenvalue weighted by molar-refractivity contribution is -0.193. The van der Waals surface area contributed by atoms with Gasteiger partial charge in [-0.3, -0.25) is 9.59 Å². The molecule has 1 aromatic carbocycles. The van der Waals surface area contributed by atoms with E-state index >= 15 is 0 Å². The number of allylic oxidation sites excluding steroid dienone is 1. The SMILES string of the molecule is C=CC[C@]1(C(=O)c2cccc(OC)c2)C(=O)O[C@H]1C. The Hall–Kier alpha value is -2.10. The highest BCUT2D eigenvalue weighted by Gasteiger charge is 2.60. The van der Waals surface area contributed by atoms with Gasteiger partial charge in [-0.2, -0.15) is 0 Å². The van der Waals surface area contributed by atoms with Gasteiger partial charge in [-0.1, -0.05) is 18.2 Å². The Kier molecular flexibility index (Phi) is 3.42. The van der Waals surface area contributed by atoms with Gasteiger partial charge in [0, 0.05) is 5.56 Å². The van der Waals surface area contributed by atoms with Crippen molar-refractivity contribution < 1.29 is 19.1 Å². The molecule has 1 aromatic rings. The molecule has 0 spiro atoms. The number of rotatable bonds is 5. The Morgan fingerprint density at radius 1 is 1.58 bits per heavy atom. The summed E-state index contributed by atoms with van der Waals surface area (Å²) in [6.07, 6.45) is 1.43. The first-order valence-electron chi connectivity index (χ1n) is 6.07. The van der Waals surface area contributed by atoms with Crippen molar-refractivity contribution in [3.63, 3.8) is 0 Å². The highest BCUT2D eigenvalue weighted by molar-refractivity contribution is 6.15. The first kappa shape index (κ1) is 13.3. The Balaban J connectivity index is 2.40. The second kappa shape index (κ2) is 4.88. The molecule has 1 aliphatic heterocycles. The van der Waals surface area contributed by atoms with Gasteiger partial charge in [-0.25, -0.2) is 0 Å². The van der Waals surface area contributed by atoms with Crippen molar-refractivity contribution in [1.82, 2.24) is 0 Å². The van der Waals surface area contributed by atoms with Crippen LogP contribution in [0.5, 0.6) is 5.75 Å². The van der Waals surface area contributed by atoms with E-state index in [-0.39, 0.29) is 12.2 Å². The van der Waals surface area contributed by atoms with Crippen LogP contribution in [0, 0.1) is 5.41 Å². The third-order valence-electron chi connectivity index (χ3n) is 3.55. The summed E-state index contributed by atoms with van der Waals surface area (Å²) in [4.78, 5) is 24.4. The Labute approximate surface area is 112 Å². The molecular weight excluding hydrogens is 244 g/mol.